The quantitative estimate of drug-likeness (QED) is 0.105. The van der Waals surface area contributed by atoms with Gasteiger partial charge in [0.25, 0.3) is 0 Å². The number of benzene rings is 2. The summed E-state index contributed by atoms with van der Waals surface area (Å²) >= 11 is 0. The molecule has 0 spiro atoms. The third-order valence-electron chi connectivity index (χ3n) is 13.7. The molecule has 2 atom stereocenters. The van der Waals surface area contributed by atoms with Crippen molar-refractivity contribution in [3.8, 4) is 0 Å². The van der Waals surface area contributed by atoms with Crippen LogP contribution in [-0.2, 0) is 42.2 Å². The molecule has 3 aliphatic rings. The molecule has 0 saturated heterocycles. The van der Waals surface area contributed by atoms with Crippen LogP contribution in [0.3, 0.4) is 0 Å². The summed E-state index contributed by atoms with van der Waals surface area (Å²) in [7, 11) is 0. The second kappa shape index (κ2) is 20.8. The van der Waals surface area contributed by atoms with Crippen molar-refractivity contribution in [1.29, 1.82) is 0 Å². The fourth-order valence-corrected chi connectivity index (χ4v) is 10.9. The minimum Gasteiger partial charge on any atom is -0.663 e. The number of rotatable bonds is 16. The van der Waals surface area contributed by atoms with Crippen LogP contribution in [0.15, 0.2) is 104 Å². The van der Waals surface area contributed by atoms with Gasteiger partial charge in [0.15, 0.2) is 0 Å². The molecule has 4 aromatic rings. The van der Waals surface area contributed by atoms with Gasteiger partial charge >= 0.3 is 16.5 Å². The summed E-state index contributed by atoms with van der Waals surface area (Å²) in [5.41, 5.74) is 25.3. The fourth-order valence-electron chi connectivity index (χ4n) is 10.9. The molecule has 4 nitrogen and oxygen atoms in total. The molecule has 0 N–H and O–H groups in total. The Morgan fingerprint density at radius 3 is 1.10 bits per heavy atom. The van der Waals surface area contributed by atoms with Crippen LogP contribution < -0.4 is 9.97 Å². The molecule has 0 amide bonds. The number of aliphatic imine (C=N–C) groups is 2. The van der Waals surface area contributed by atoms with Gasteiger partial charge in [-0.25, -0.2) is 0 Å². The Hall–Kier alpha value is -4.21. The van der Waals surface area contributed by atoms with Crippen molar-refractivity contribution in [2.24, 2.45) is 9.98 Å². The molecule has 2 aromatic heterocycles. The van der Waals surface area contributed by atoms with Gasteiger partial charge in [-0.1, -0.05) is 178 Å². The summed E-state index contributed by atoms with van der Waals surface area (Å²) in [6.45, 7) is 23.4. The molecule has 61 heavy (non-hydrogen) atoms. The van der Waals surface area contributed by atoms with Gasteiger partial charge < -0.3 is 9.97 Å². The first kappa shape index (κ1) is 46.3. The summed E-state index contributed by atoms with van der Waals surface area (Å²) in [5, 5.41) is 0. The van der Waals surface area contributed by atoms with Gasteiger partial charge in [0.2, 0.25) is 0 Å². The van der Waals surface area contributed by atoms with Gasteiger partial charge in [0.05, 0.1) is 22.8 Å². The summed E-state index contributed by atoms with van der Waals surface area (Å²) in [6, 6.07) is 22.1. The number of nitrogens with zero attached hydrogens (tertiary/aromatic N) is 4. The molecule has 0 saturated carbocycles. The van der Waals surface area contributed by atoms with E-state index in [1.165, 1.54) is 89.6 Å². The Morgan fingerprint density at radius 1 is 0.426 bits per heavy atom. The van der Waals surface area contributed by atoms with E-state index in [4.69, 9.17) is 20.0 Å². The Morgan fingerprint density at radius 2 is 0.787 bits per heavy atom. The first-order chi connectivity index (χ1) is 29.4. The molecule has 0 radical (unpaired) electrons. The summed E-state index contributed by atoms with van der Waals surface area (Å²) < 4.78 is 0. The molecule has 0 aliphatic carbocycles. The van der Waals surface area contributed by atoms with Gasteiger partial charge in [-0.05, 0) is 109 Å². The van der Waals surface area contributed by atoms with Crippen LogP contribution in [0.25, 0.3) is 11.1 Å². The second-order valence-electron chi connectivity index (χ2n) is 16.9. The predicted molar refractivity (Wildman–Crippen MR) is 257 cm³/mol. The summed E-state index contributed by atoms with van der Waals surface area (Å²) in [4.78, 5) is 23.9. The molecule has 5 heterocycles. The van der Waals surface area contributed by atoms with Crippen molar-refractivity contribution in [3.05, 3.63) is 151 Å². The van der Waals surface area contributed by atoms with Gasteiger partial charge in [-0.3, -0.25) is 9.98 Å². The minimum atomic E-state index is 0. The number of aromatic nitrogens is 2. The summed E-state index contributed by atoms with van der Waals surface area (Å²) in [6.07, 6.45) is 14.1. The van der Waals surface area contributed by atoms with E-state index in [1.54, 1.807) is 0 Å². The minimum absolute atomic E-state index is 0. The third kappa shape index (κ3) is 8.26. The first-order valence-corrected chi connectivity index (χ1v) is 24.0. The van der Waals surface area contributed by atoms with Crippen molar-refractivity contribution in [1.82, 2.24) is 9.97 Å². The number of unbranched alkanes of at least 4 members (excludes halogenated alkanes) is 2. The van der Waals surface area contributed by atoms with Gasteiger partial charge in [0.1, 0.15) is 0 Å². The molecule has 8 bridgehead atoms. The van der Waals surface area contributed by atoms with E-state index in [0.717, 1.165) is 113 Å². The van der Waals surface area contributed by atoms with Crippen LogP contribution in [0.1, 0.15) is 201 Å². The van der Waals surface area contributed by atoms with Gasteiger partial charge in [-0.2, -0.15) is 0 Å². The Bertz CT molecular complexity index is 2210. The summed E-state index contributed by atoms with van der Waals surface area (Å²) in [5.74, 6) is 0.255. The standard InChI is InChI=1S/C56H70N4.Ni/c1-11-21-33-45-49-37(13-3)38(14-4)50(57-49)46(34-22-12-2)52-40(16-6)42(18-8)54(59-52)48(36-31-27-24-28-32-36)56-44(20-10)43(19-9)55(60-56)47(35-29-25-23-26-30-35)53-41(17-7)39(15-5)51(45)58-53;/h23-32,45-46H,11-22,33-34H2,1-10H3;/q-2;+2/b53-47-,54-48-;. The zero-order chi connectivity index (χ0) is 42.5. The topological polar surface area (TPSA) is 52.9 Å². The predicted octanol–water partition coefficient (Wildman–Crippen LogP) is 14.8. The van der Waals surface area contributed by atoms with Crippen molar-refractivity contribution >= 4 is 22.6 Å². The maximum absolute atomic E-state index is 5.99. The molecule has 5 heteroatoms. The van der Waals surface area contributed by atoms with Crippen molar-refractivity contribution < 1.29 is 16.5 Å². The number of hydrogen-bond acceptors (Lipinski definition) is 2. The van der Waals surface area contributed by atoms with E-state index in [-0.39, 0.29) is 28.3 Å². The van der Waals surface area contributed by atoms with E-state index in [9.17, 15) is 0 Å². The molecular weight excluding hydrogens is 787 g/mol. The SMILES string of the molecule is CCCCC1C2=N/C(=C(/c3ccccc3)c3[n-]c(c(CC)c3CC)/C(c3ccccc3)=C3\N=C(C(CC)=C3CC)C(CCCC)c3[n-]c1c(CC)c3CC)C(CC)=C2CC.[Ni+2]. The van der Waals surface area contributed by atoms with Crippen molar-refractivity contribution in [2.75, 3.05) is 0 Å². The molecule has 7 rings (SSSR count). The number of fused-ring (bicyclic) bond motifs is 6. The van der Waals surface area contributed by atoms with Gasteiger partial charge in [0, 0.05) is 11.8 Å². The zero-order valence-electron chi connectivity index (χ0n) is 38.9. The van der Waals surface area contributed by atoms with Gasteiger partial charge in [-0.15, -0.1) is 22.8 Å². The van der Waals surface area contributed by atoms with Crippen LogP contribution >= 0.6 is 0 Å². The molecule has 324 valence electrons. The maximum Gasteiger partial charge on any atom is 2.00 e. The van der Waals surface area contributed by atoms with Crippen molar-refractivity contribution in [3.63, 3.8) is 0 Å². The Labute approximate surface area is 378 Å². The fraction of sp³-hybridized carbons (Fsp3) is 0.464. The van der Waals surface area contributed by atoms with Crippen LogP contribution in [-0.4, -0.2) is 11.4 Å². The second-order valence-corrected chi connectivity index (χ2v) is 16.9. The number of hydrogen-bond donors (Lipinski definition) is 0. The van der Waals surface area contributed by atoms with Crippen LogP contribution in [0, 0.1) is 0 Å². The van der Waals surface area contributed by atoms with Crippen LogP contribution in [0.4, 0.5) is 0 Å². The smallest absolute Gasteiger partial charge is 0.663 e. The van der Waals surface area contributed by atoms with E-state index in [1.807, 2.05) is 0 Å². The Balaban J connectivity index is 0.00000622. The largest absolute Gasteiger partial charge is 2.00 e. The first-order valence-electron chi connectivity index (χ1n) is 24.0. The Kier molecular flexibility index (Phi) is 15.8. The normalized spacial score (nSPS) is 20.1. The van der Waals surface area contributed by atoms with E-state index in [0.29, 0.717) is 0 Å². The van der Waals surface area contributed by atoms with E-state index >= 15 is 0 Å². The number of allylic oxidation sites excluding steroid dienone is 4. The molecule has 3 aliphatic heterocycles. The average Bonchev–Trinajstić information content (AvgIpc) is 4.05. The van der Waals surface area contributed by atoms with Crippen LogP contribution in [0.5, 0.6) is 0 Å². The zero-order valence-corrected chi connectivity index (χ0v) is 39.9. The average molecular weight is 858 g/mol. The molecule has 2 aromatic carbocycles. The van der Waals surface area contributed by atoms with E-state index in [2.05, 4.69) is 130 Å². The molecule has 0 fully saturated rings. The van der Waals surface area contributed by atoms with Crippen LogP contribution in [0.2, 0.25) is 0 Å². The maximum atomic E-state index is 5.99. The molecular formula is C56H70N4Ni. The monoisotopic (exact) mass is 856 g/mol. The van der Waals surface area contributed by atoms with E-state index < -0.39 is 0 Å². The van der Waals surface area contributed by atoms with Crippen molar-refractivity contribution in [2.45, 2.75) is 171 Å². The molecule has 2 unspecified atom stereocenters. The third-order valence-corrected chi connectivity index (χ3v) is 13.7.